The summed E-state index contributed by atoms with van der Waals surface area (Å²) in [5.74, 6) is -0.645. The fourth-order valence-corrected chi connectivity index (χ4v) is 2.06. The van der Waals surface area contributed by atoms with Gasteiger partial charge in [-0.2, -0.15) is 0 Å². The maximum Gasteiger partial charge on any atom is 0.337 e. The molecule has 0 spiro atoms. The van der Waals surface area contributed by atoms with Gasteiger partial charge in [0.2, 0.25) is 0 Å². The maximum atomic E-state index is 11.9. The molecule has 5 N–H and O–H groups in total. The molecule has 0 aliphatic heterocycles. The average Bonchev–Trinajstić information content (AvgIpc) is 2.63. The van der Waals surface area contributed by atoms with E-state index in [1.54, 1.807) is 24.3 Å². The molecule has 0 aliphatic carbocycles. The van der Waals surface area contributed by atoms with Crippen molar-refractivity contribution in [3.05, 3.63) is 56.4 Å². The van der Waals surface area contributed by atoms with Crippen molar-refractivity contribution in [1.82, 2.24) is 15.3 Å². The second kappa shape index (κ2) is 8.51. The molecule has 0 fully saturated rings. The van der Waals surface area contributed by atoms with E-state index in [2.05, 4.69) is 15.0 Å². The first-order valence-corrected chi connectivity index (χ1v) is 7.64. The number of nitrogens with one attached hydrogen (secondary N) is 3. The van der Waals surface area contributed by atoms with E-state index < -0.39 is 23.1 Å². The number of ether oxygens (including phenoxy) is 2. The summed E-state index contributed by atoms with van der Waals surface area (Å²) in [5, 5.41) is 2.52. The van der Waals surface area contributed by atoms with Crippen molar-refractivity contribution in [3.63, 3.8) is 0 Å². The summed E-state index contributed by atoms with van der Waals surface area (Å²) in [6.07, 6.45) is 0.446. The van der Waals surface area contributed by atoms with Crippen molar-refractivity contribution in [2.75, 3.05) is 26.0 Å². The summed E-state index contributed by atoms with van der Waals surface area (Å²) >= 11 is 0. The van der Waals surface area contributed by atoms with Gasteiger partial charge in [-0.15, -0.1) is 0 Å². The van der Waals surface area contributed by atoms with E-state index >= 15 is 0 Å². The fraction of sp³-hybridized carbons (Fsp3) is 0.250. The molecule has 2 aromatic rings. The van der Waals surface area contributed by atoms with Crippen molar-refractivity contribution < 1.29 is 19.1 Å². The van der Waals surface area contributed by atoms with Crippen molar-refractivity contribution in [2.45, 2.75) is 6.42 Å². The van der Waals surface area contributed by atoms with E-state index in [1.165, 1.54) is 7.11 Å². The van der Waals surface area contributed by atoms with Crippen LogP contribution in [0.3, 0.4) is 0 Å². The normalized spacial score (nSPS) is 10.2. The SMILES string of the molecule is COC(=O)c1cccc(OCCCNC(=O)c2[nH]c(=O)[nH]c(=O)c2N)c1. The third-order valence-corrected chi connectivity index (χ3v) is 3.34. The van der Waals surface area contributed by atoms with E-state index in [0.29, 0.717) is 17.7 Å². The molecule has 2 rings (SSSR count). The van der Waals surface area contributed by atoms with Crippen LogP contribution in [0, 0.1) is 0 Å². The molecule has 1 amide bonds. The van der Waals surface area contributed by atoms with Crippen LogP contribution in [-0.4, -0.2) is 42.1 Å². The lowest BCUT2D eigenvalue weighted by Crippen LogP contribution is -2.34. The number of hydrogen-bond acceptors (Lipinski definition) is 7. The number of aromatic amines is 2. The van der Waals surface area contributed by atoms with Gasteiger partial charge >= 0.3 is 11.7 Å². The summed E-state index contributed by atoms with van der Waals surface area (Å²) in [5.41, 5.74) is 3.55. The molecule has 10 nitrogen and oxygen atoms in total. The first-order chi connectivity index (χ1) is 12.4. The lowest BCUT2D eigenvalue weighted by Gasteiger charge is -2.09. The Balaban J connectivity index is 1.83. The van der Waals surface area contributed by atoms with E-state index in [-0.39, 0.29) is 24.5 Å². The zero-order valence-corrected chi connectivity index (χ0v) is 14.0. The molecule has 1 aromatic carbocycles. The van der Waals surface area contributed by atoms with Gasteiger partial charge in [0, 0.05) is 6.54 Å². The fourth-order valence-electron chi connectivity index (χ4n) is 2.06. The summed E-state index contributed by atoms with van der Waals surface area (Å²) in [4.78, 5) is 50.1. The summed E-state index contributed by atoms with van der Waals surface area (Å²) in [6, 6.07) is 6.50. The molecule has 0 saturated heterocycles. The number of carbonyl (C=O) groups excluding carboxylic acids is 2. The maximum absolute atomic E-state index is 11.9. The quantitative estimate of drug-likeness (QED) is 0.387. The number of rotatable bonds is 7. The standard InChI is InChI=1S/C16H18N4O6/c1-25-15(23)9-4-2-5-10(8-9)26-7-3-6-18-14(22)12-11(17)13(21)20-16(24)19-12/h2,4-5,8H,3,6-7,17H2,1H3,(H,18,22)(H2,19,20,21,24). The Hall–Kier alpha value is -3.56. The Morgan fingerprint density at radius 1 is 1.23 bits per heavy atom. The topological polar surface area (TPSA) is 156 Å². The summed E-state index contributed by atoms with van der Waals surface area (Å²) in [6.45, 7) is 0.496. The van der Waals surface area contributed by atoms with E-state index in [4.69, 9.17) is 10.5 Å². The Morgan fingerprint density at radius 3 is 2.73 bits per heavy atom. The molecule has 138 valence electrons. The molecule has 1 aromatic heterocycles. The molecule has 0 unspecified atom stereocenters. The van der Waals surface area contributed by atoms with Gasteiger partial charge in [0.1, 0.15) is 17.1 Å². The zero-order chi connectivity index (χ0) is 19.1. The summed E-state index contributed by atoms with van der Waals surface area (Å²) in [7, 11) is 1.29. The minimum atomic E-state index is -0.826. The van der Waals surface area contributed by atoms with Gasteiger partial charge < -0.3 is 25.5 Å². The smallest absolute Gasteiger partial charge is 0.337 e. The van der Waals surface area contributed by atoms with E-state index in [9.17, 15) is 19.2 Å². The number of carbonyl (C=O) groups is 2. The largest absolute Gasteiger partial charge is 0.494 e. The molecule has 0 radical (unpaired) electrons. The van der Waals surface area contributed by atoms with Gasteiger partial charge in [0.05, 0.1) is 19.3 Å². The molecule has 10 heteroatoms. The second-order valence-electron chi connectivity index (χ2n) is 5.17. The molecule has 0 bridgehead atoms. The van der Waals surface area contributed by atoms with Crippen LogP contribution >= 0.6 is 0 Å². The van der Waals surface area contributed by atoms with Gasteiger partial charge in [-0.05, 0) is 24.6 Å². The third-order valence-electron chi connectivity index (χ3n) is 3.34. The number of benzene rings is 1. The third kappa shape index (κ3) is 4.72. The first-order valence-electron chi connectivity index (χ1n) is 7.64. The zero-order valence-electron chi connectivity index (χ0n) is 14.0. The molecule has 0 saturated carbocycles. The van der Waals surface area contributed by atoms with Crippen molar-refractivity contribution >= 4 is 17.6 Å². The average molecular weight is 362 g/mol. The van der Waals surface area contributed by atoms with Crippen molar-refractivity contribution in [2.24, 2.45) is 0 Å². The molecule has 26 heavy (non-hydrogen) atoms. The first kappa shape index (κ1) is 18.8. The predicted octanol–water partition coefficient (Wildman–Crippen LogP) is -0.369. The van der Waals surface area contributed by atoms with Gasteiger partial charge in [0.15, 0.2) is 0 Å². The number of nitrogens with two attached hydrogens (primary N) is 1. The Morgan fingerprint density at radius 2 is 2.00 bits per heavy atom. The van der Waals surface area contributed by atoms with Gasteiger partial charge in [-0.25, -0.2) is 9.59 Å². The summed E-state index contributed by atoms with van der Waals surface area (Å²) < 4.78 is 10.1. The Bertz CT molecular complexity index is 917. The lowest BCUT2D eigenvalue weighted by molar-refractivity contribution is 0.0600. The van der Waals surface area contributed by atoms with Crippen LogP contribution in [-0.2, 0) is 4.74 Å². The van der Waals surface area contributed by atoms with Crippen LogP contribution in [0.15, 0.2) is 33.9 Å². The Kier molecular flexibility index (Phi) is 6.15. The highest BCUT2D eigenvalue weighted by Gasteiger charge is 2.13. The highest BCUT2D eigenvalue weighted by molar-refractivity contribution is 5.96. The number of anilines is 1. The van der Waals surface area contributed by atoms with Gasteiger partial charge in [-0.3, -0.25) is 14.6 Å². The number of esters is 1. The van der Waals surface area contributed by atoms with Crippen LogP contribution < -0.4 is 27.0 Å². The number of methoxy groups -OCH3 is 1. The van der Waals surface area contributed by atoms with Crippen LogP contribution in [0.25, 0.3) is 0 Å². The number of aromatic nitrogens is 2. The monoisotopic (exact) mass is 362 g/mol. The molecule has 0 atom stereocenters. The van der Waals surface area contributed by atoms with Crippen LogP contribution in [0.5, 0.6) is 5.75 Å². The minimum Gasteiger partial charge on any atom is -0.494 e. The van der Waals surface area contributed by atoms with Crippen LogP contribution in [0.4, 0.5) is 5.69 Å². The van der Waals surface area contributed by atoms with Crippen LogP contribution in [0.2, 0.25) is 0 Å². The number of amides is 1. The predicted molar refractivity (Wildman–Crippen MR) is 92.3 cm³/mol. The van der Waals surface area contributed by atoms with Crippen molar-refractivity contribution in [3.8, 4) is 5.75 Å². The second-order valence-corrected chi connectivity index (χ2v) is 5.17. The number of hydrogen-bond donors (Lipinski definition) is 4. The number of nitrogen functional groups attached to an aromatic ring is 1. The van der Waals surface area contributed by atoms with Crippen molar-refractivity contribution in [1.29, 1.82) is 0 Å². The molecule has 1 heterocycles. The molecular weight excluding hydrogens is 344 g/mol. The van der Waals surface area contributed by atoms with Crippen LogP contribution in [0.1, 0.15) is 27.3 Å². The van der Waals surface area contributed by atoms with E-state index in [0.717, 1.165) is 0 Å². The minimum absolute atomic E-state index is 0.226. The highest BCUT2D eigenvalue weighted by atomic mass is 16.5. The number of H-pyrrole nitrogens is 2. The Labute approximate surface area is 147 Å². The van der Waals surface area contributed by atoms with Gasteiger partial charge in [0.25, 0.3) is 11.5 Å². The lowest BCUT2D eigenvalue weighted by atomic mass is 10.2. The molecule has 0 aliphatic rings. The highest BCUT2D eigenvalue weighted by Crippen LogP contribution is 2.14. The molecular formula is C16H18N4O6. The van der Waals surface area contributed by atoms with E-state index in [1.807, 2.05) is 4.98 Å². The van der Waals surface area contributed by atoms with Gasteiger partial charge in [-0.1, -0.05) is 6.07 Å².